The first-order chi connectivity index (χ1) is 9.72. The molecule has 0 atom stereocenters. The zero-order valence-electron chi connectivity index (χ0n) is 10.9. The average Bonchev–Trinajstić information content (AvgIpc) is 2.46. The van der Waals surface area contributed by atoms with Crippen LogP contribution in [-0.2, 0) is 12.8 Å². The molecule has 100 valence electrons. The highest BCUT2D eigenvalue weighted by atomic mass is 32.1. The third-order valence-electron chi connectivity index (χ3n) is 3.77. The van der Waals surface area contributed by atoms with E-state index in [2.05, 4.69) is 11.1 Å². The summed E-state index contributed by atoms with van der Waals surface area (Å²) >= 11 is 5.27. The predicted molar refractivity (Wildman–Crippen MR) is 78.4 cm³/mol. The molecule has 1 aliphatic carbocycles. The fraction of sp³-hybridized carbons (Fsp3) is 0.250. The molecule has 0 saturated carbocycles. The second-order valence-electron chi connectivity index (χ2n) is 4.96. The molecule has 1 aromatic heterocycles. The first-order valence-corrected chi connectivity index (χ1v) is 7.06. The van der Waals surface area contributed by atoms with Crippen molar-refractivity contribution in [1.82, 2.24) is 4.98 Å². The summed E-state index contributed by atoms with van der Waals surface area (Å²) in [6, 6.07) is 8.72. The van der Waals surface area contributed by atoms with Gasteiger partial charge in [0.2, 0.25) is 0 Å². The zero-order chi connectivity index (χ0) is 14.1. The van der Waals surface area contributed by atoms with E-state index >= 15 is 0 Å². The molecular formula is C16H13FN2S. The lowest BCUT2D eigenvalue weighted by atomic mass is 9.87. The van der Waals surface area contributed by atoms with Gasteiger partial charge in [0.25, 0.3) is 0 Å². The standard InChI is InChI=1S/C16H13FN2S/c17-13-7-3-1-5-10(13)15-11-6-2-4-8-14(11)19-16(20)12(15)9-18/h1,3,5,7H,2,4,6,8H2,(H,19,20). The molecule has 0 spiro atoms. The molecule has 1 heterocycles. The number of aromatic amines is 1. The largest absolute Gasteiger partial charge is 0.349 e. The molecule has 1 N–H and O–H groups in total. The number of halogens is 1. The van der Waals surface area contributed by atoms with Crippen molar-refractivity contribution in [2.24, 2.45) is 0 Å². The summed E-state index contributed by atoms with van der Waals surface area (Å²) in [5, 5.41) is 9.39. The maximum absolute atomic E-state index is 14.1. The second kappa shape index (κ2) is 5.18. The number of nitrogens with one attached hydrogen (secondary N) is 1. The number of fused-ring (bicyclic) bond motifs is 1. The lowest BCUT2D eigenvalue weighted by Gasteiger charge is -2.21. The number of nitriles is 1. The number of aromatic nitrogens is 1. The van der Waals surface area contributed by atoms with E-state index < -0.39 is 0 Å². The Morgan fingerprint density at radius 2 is 1.95 bits per heavy atom. The Kier molecular flexibility index (Phi) is 3.37. The van der Waals surface area contributed by atoms with Gasteiger partial charge in [0.1, 0.15) is 16.5 Å². The Morgan fingerprint density at radius 3 is 2.70 bits per heavy atom. The van der Waals surface area contributed by atoms with Crippen LogP contribution >= 0.6 is 12.2 Å². The summed E-state index contributed by atoms with van der Waals surface area (Å²) < 4.78 is 14.5. The van der Waals surface area contributed by atoms with E-state index in [4.69, 9.17) is 12.2 Å². The summed E-state index contributed by atoms with van der Waals surface area (Å²) in [6.45, 7) is 0. The first-order valence-electron chi connectivity index (χ1n) is 6.65. The van der Waals surface area contributed by atoms with E-state index in [9.17, 15) is 9.65 Å². The predicted octanol–water partition coefficient (Wildman–Crippen LogP) is 4.30. The number of nitrogens with zero attached hydrogens (tertiary/aromatic N) is 1. The highest BCUT2D eigenvalue weighted by molar-refractivity contribution is 7.71. The molecule has 0 saturated heterocycles. The molecule has 20 heavy (non-hydrogen) atoms. The van der Waals surface area contributed by atoms with Crippen molar-refractivity contribution in [2.45, 2.75) is 25.7 Å². The zero-order valence-corrected chi connectivity index (χ0v) is 11.7. The van der Waals surface area contributed by atoms with E-state index in [1.54, 1.807) is 18.2 Å². The number of H-pyrrole nitrogens is 1. The van der Waals surface area contributed by atoms with Gasteiger partial charge in [0.05, 0.1) is 5.56 Å². The van der Waals surface area contributed by atoms with Gasteiger partial charge in [-0.15, -0.1) is 0 Å². The molecule has 0 bridgehead atoms. The van der Waals surface area contributed by atoms with Crippen molar-refractivity contribution < 1.29 is 4.39 Å². The molecule has 0 fully saturated rings. The van der Waals surface area contributed by atoms with Gasteiger partial charge in [-0.1, -0.05) is 30.4 Å². The SMILES string of the molecule is N#Cc1c(-c2ccccc2F)c2c([nH]c1=S)CCCC2. The molecule has 1 aliphatic rings. The van der Waals surface area contributed by atoms with E-state index in [0.717, 1.165) is 36.9 Å². The molecule has 1 aromatic carbocycles. The molecule has 2 aromatic rings. The molecule has 4 heteroatoms. The van der Waals surface area contributed by atoms with Gasteiger partial charge in [0.15, 0.2) is 0 Å². The van der Waals surface area contributed by atoms with Crippen LogP contribution < -0.4 is 0 Å². The summed E-state index contributed by atoms with van der Waals surface area (Å²) in [4.78, 5) is 3.15. The van der Waals surface area contributed by atoms with Gasteiger partial charge in [-0.05, 0) is 37.3 Å². The number of aryl methyl sites for hydroxylation is 1. The monoisotopic (exact) mass is 284 g/mol. The Labute approximate surface area is 121 Å². The molecular weight excluding hydrogens is 271 g/mol. The van der Waals surface area contributed by atoms with Gasteiger partial charge in [0, 0.05) is 16.8 Å². The quantitative estimate of drug-likeness (QED) is 0.793. The highest BCUT2D eigenvalue weighted by Crippen LogP contribution is 2.35. The van der Waals surface area contributed by atoms with Crippen molar-refractivity contribution in [3.05, 3.63) is 51.5 Å². The van der Waals surface area contributed by atoms with Crippen LogP contribution in [0.2, 0.25) is 0 Å². The first kappa shape index (κ1) is 13.0. The van der Waals surface area contributed by atoms with E-state index in [1.807, 2.05) is 0 Å². The highest BCUT2D eigenvalue weighted by Gasteiger charge is 2.21. The smallest absolute Gasteiger partial charge is 0.131 e. The Hall–Kier alpha value is -1.99. The molecule has 0 aliphatic heterocycles. The van der Waals surface area contributed by atoms with Crippen molar-refractivity contribution in [2.75, 3.05) is 0 Å². The van der Waals surface area contributed by atoms with Gasteiger partial charge >= 0.3 is 0 Å². The third kappa shape index (κ3) is 2.04. The van der Waals surface area contributed by atoms with E-state index in [0.29, 0.717) is 21.3 Å². The van der Waals surface area contributed by atoms with Crippen LogP contribution in [0.5, 0.6) is 0 Å². The van der Waals surface area contributed by atoms with Crippen LogP contribution in [0.25, 0.3) is 11.1 Å². The number of hydrogen-bond donors (Lipinski definition) is 1. The molecule has 2 nitrogen and oxygen atoms in total. The fourth-order valence-corrected chi connectivity index (χ4v) is 3.12. The van der Waals surface area contributed by atoms with Gasteiger partial charge in [-0.25, -0.2) is 4.39 Å². The van der Waals surface area contributed by atoms with Crippen LogP contribution in [0.1, 0.15) is 29.7 Å². The van der Waals surface area contributed by atoms with Crippen LogP contribution in [0.3, 0.4) is 0 Å². The van der Waals surface area contributed by atoms with E-state index in [1.165, 1.54) is 6.07 Å². The summed E-state index contributed by atoms with van der Waals surface area (Å²) in [5.41, 5.74) is 3.64. The van der Waals surface area contributed by atoms with Crippen molar-refractivity contribution in [1.29, 1.82) is 5.26 Å². The third-order valence-corrected chi connectivity index (χ3v) is 4.07. The van der Waals surface area contributed by atoms with E-state index in [-0.39, 0.29) is 5.82 Å². The van der Waals surface area contributed by atoms with Gasteiger partial charge in [-0.2, -0.15) is 5.26 Å². The van der Waals surface area contributed by atoms with Crippen molar-refractivity contribution in [3.63, 3.8) is 0 Å². The van der Waals surface area contributed by atoms with Crippen LogP contribution in [0.15, 0.2) is 24.3 Å². The molecule has 0 radical (unpaired) electrons. The van der Waals surface area contributed by atoms with Crippen molar-refractivity contribution >= 4 is 12.2 Å². The minimum absolute atomic E-state index is 0.308. The van der Waals surface area contributed by atoms with Gasteiger partial charge < -0.3 is 4.98 Å². The van der Waals surface area contributed by atoms with Gasteiger partial charge in [-0.3, -0.25) is 0 Å². The number of rotatable bonds is 1. The molecule has 0 amide bonds. The summed E-state index contributed by atoms with van der Waals surface area (Å²) in [6.07, 6.45) is 3.93. The van der Waals surface area contributed by atoms with Crippen molar-refractivity contribution in [3.8, 4) is 17.2 Å². The maximum atomic E-state index is 14.1. The molecule has 3 rings (SSSR count). The molecule has 0 unspecified atom stereocenters. The maximum Gasteiger partial charge on any atom is 0.131 e. The Bertz CT molecular complexity index is 771. The summed E-state index contributed by atoms with van der Waals surface area (Å²) in [5.74, 6) is -0.308. The lowest BCUT2D eigenvalue weighted by Crippen LogP contribution is -2.10. The Balaban J connectivity index is 2.39. The topological polar surface area (TPSA) is 39.6 Å². The minimum atomic E-state index is -0.308. The lowest BCUT2D eigenvalue weighted by molar-refractivity contribution is 0.629. The number of pyridine rings is 1. The summed E-state index contributed by atoms with van der Waals surface area (Å²) in [7, 11) is 0. The van der Waals surface area contributed by atoms with Crippen LogP contribution in [0.4, 0.5) is 4.39 Å². The second-order valence-corrected chi connectivity index (χ2v) is 5.37. The normalized spacial score (nSPS) is 13.6. The Morgan fingerprint density at radius 1 is 1.20 bits per heavy atom. The number of benzene rings is 1. The minimum Gasteiger partial charge on any atom is -0.349 e. The fourth-order valence-electron chi connectivity index (χ4n) is 2.85. The van der Waals surface area contributed by atoms with Crippen LogP contribution in [0, 0.1) is 21.8 Å². The van der Waals surface area contributed by atoms with Crippen LogP contribution in [-0.4, -0.2) is 4.98 Å². The number of hydrogen-bond acceptors (Lipinski definition) is 2. The average molecular weight is 284 g/mol.